The summed E-state index contributed by atoms with van der Waals surface area (Å²) in [6.45, 7) is 9.73. The molecule has 8 rings (SSSR count). The van der Waals surface area contributed by atoms with Gasteiger partial charge in [0.25, 0.3) is 0 Å². The number of hydrogen-bond donors (Lipinski definition) is 4. The minimum atomic E-state index is -0.698. The molecule has 6 heterocycles. The monoisotopic (exact) mass is 822 g/mol. The van der Waals surface area contributed by atoms with Gasteiger partial charge < -0.3 is 49.3 Å². The van der Waals surface area contributed by atoms with E-state index in [-0.39, 0.29) is 35.7 Å². The molecule has 4 amide bonds. The second-order valence-corrected chi connectivity index (χ2v) is 16.3. The molecule has 4 aliphatic rings. The fraction of sp³-hybridized carbons (Fsp3) is 0.500. The Bertz CT molecular complexity index is 2080. The van der Waals surface area contributed by atoms with Crippen molar-refractivity contribution < 1.29 is 38.1 Å². The van der Waals surface area contributed by atoms with Gasteiger partial charge in [-0.1, -0.05) is 40.5 Å². The molecular formula is C44H54N8O8. The standard InChI is InChI=1S/C44H54N8O8/c1-7-23(3)37(49-43(55)57-5)41(53)51-13-9-11-31(51)39-45-19-29(47-39)25-15-27-21-60-34-18-26(16-28-22-59-33(17-25)35(27)36(28)34)30-20-46-40(48-30)32-12-10-14-52(32)42(54)38(24(4)8-2)50-44(56)58-6/h15-20,23-24,31-32,37-38H,7-14,21-22H2,1-6H3,(H,45,47)(H,46,48)(H,49,55)(H,50,56)/t23-,24-,31-,32-,37-,38?/m0/s1. The summed E-state index contributed by atoms with van der Waals surface area (Å²) in [5.41, 5.74) is 7.42. The molecule has 2 fully saturated rings. The van der Waals surface area contributed by atoms with Gasteiger partial charge in [-0.15, -0.1) is 0 Å². The average molecular weight is 823 g/mol. The Hall–Kier alpha value is -6.06. The molecule has 318 valence electrons. The molecule has 16 heteroatoms. The summed E-state index contributed by atoms with van der Waals surface area (Å²) in [5.74, 6) is 2.49. The predicted octanol–water partition coefficient (Wildman–Crippen LogP) is 6.79. The van der Waals surface area contributed by atoms with Crippen LogP contribution in [0.5, 0.6) is 11.5 Å². The van der Waals surface area contributed by atoms with Crippen LogP contribution in [0, 0.1) is 11.8 Å². The number of nitrogens with zero attached hydrogens (tertiary/aromatic N) is 4. The highest BCUT2D eigenvalue weighted by Gasteiger charge is 2.40. The summed E-state index contributed by atoms with van der Waals surface area (Å²) < 4.78 is 22.5. The number of ether oxygens (including phenoxy) is 4. The highest BCUT2D eigenvalue weighted by molar-refractivity contribution is 5.89. The van der Waals surface area contributed by atoms with Gasteiger partial charge in [0, 0.05) is 46.5 Å². The zero-order valence-electron chi connectivity index (χ0n) is 35.1. The highest BCUT2D eigenvalue weighted by Crippen LogP contribution is 2.51. The van der Waals surface area contributed by atoms with Gasteiger partial charge in [0.1, 0.15) is 48.4 Å². The molecule has 2 aromatic carbocycles. The molecule has 0 radical (unpaired) electrons. The van der Waals surface area contributed by atoms with Gasteiger partial charge >= 0.3 is 12.2 Å². The third-order valence-corrected chi connectivity index (χ3v) is 12.8. The molecule has 0 saturated carbocycles. The van der Waals surface area contributed by atoms with Gasteiger partial charge in [0.2, 0.25) is 11.8 Å². The van der Waals surface area contributed by atoms with E-state index in [1.807, 2.05) is 49.6 Å². The van der Waals surface area contributed by atoms with Crippen molar-refractivity contribution in [1.82, 2.24) is 40.4 Å². The van der Waals surface area contributed by atoms with Crippen LogP contribution in [0.15, 0.2) is 36.7 Å². The number of aromatic nitrogens is 4. The Morgan fingerprint density at radius 3 is 1.52 bits per heavy atom. The minimum Gasteiger partial charge on any atom is -0.488 e. The van der Waals surface area contributed by atoms with E-state index >= 15 is 0 Å². The average Bonchev–Trinajstić information content (AvgIpc) is 4.12. The van der Waals surface area contributed by atoms with E-state index in [1.54, 1.807) is 12.4 Å². The molecule has 2 aromatic heterocycles. The van der Waals surface area contributed by atoms with Crippen LogP contribution in [0.2, 0.25) is 0 Å². The number of carbonyl (C=O) groups is 4. The molecule has 0 aliphatic carbocycles. The van der Waals surface area contributed by atoms with Crippen LogP contribution in [0.3, 0.4) is 0 Å². The van der Waals surface area contributed by atoms with Gasteiger partial charge in [0.05, 0.1) is 50.1 Å². The lowest BCUT2D eigenvalue weighted by Gasteiger charge is -2.31. The quantitative estimate of drug-likeness (QED) is 0.118. The number of carbonyl (C=O) groups excluding carboxylic acids is 4. The maximum atomic E-state index is 13.8. The first-order chi connectivity index (χ1) is 29.0. The fourth-order valence-electron chi connectivity index (χ4n) is 9.02. The van der Waals surface area contributed by atoms with Crippen molar-refractivity contribution in [1.29, 1.82) is 0 Å². The van der Waals surface area contributed by atoms with E-state index in [0.29, 0.717) is 38.0 Å². The Labute approximate surface area is 349 Å². The summed E-state index contributed by atoms with van der Waals surface area (Å²) in [4.78, 5) is 72.1. The van der Waals surface area contributed by atoms with Crippen molar-refractivity contribution in [2.45, 2.75) is 104 Å². The number of methoxy groups -OCH3 is 2. The lowest BCUT2D eigenvalue weighted by atomic mass is 9.87. The van der Waals surface area contributed by atoms with E-state index < -0.39 is 24.3 Å². The van der Waals surface area contributed by atoms with Crippen molar-refractivity contribution in [2.75, 3.05) is 27.3 Å². The van der Waals surface area contributed by atoms with Crippen LogP contribution in [0.1, 0.15) is 101 Å². The minimum absolute atomic E-state index is 0.0745. The van der Waals surface area contributed by atoms with Crippen molar-refractivity contribution in [3.63, 3.8) is 0 Å². The molecule has 4 N–H and O–H groups in total. The number of imidazole rings is 2. The van der Waals surface area contributed by atoms with Gasteiger partial charge in [-0.3, -0.25) is 9.59 Å². The summed E-state index contributed by atoms with van der Waals surface area (Å²) >= 11 is 0. The van der Waals surface area contributed by atoms with Gasteiger partial charge in [0.15, 0.2) is 0 Å². The second kappa shape index (κ2) is 16.9. The number of H-pyrrole nitrogens is 2. The third-order valence-electron chi connectivity index (χ3n) is 12.8. The van der Waals surface area contributed by atoms with Crippen LogP contribution >= 0.6 is 0 Å². The predicted molar refractivity (Wildman–Crippen MR) is 221 cm³/mol. The number of amides is 4. The molecule has 0 bridgehead atoms. The molecule has 6 atom stereocenters. The fourth-order valence-corrected chi connectivity index (χ4v) is 9.02. The van der Waals surface area contributed by atoms with Crippen LogP contribution in [0.25, 0.3) is 33.6 Å². The Morgan fingerprint density at radius 1 is 0.717 bits per heavy atom. The number of rotatable bonds is 12. The topological polar surface area (TPSA) is 193 Å². The molecule has 1 unspecified atom stereocenters. The molecule has 4 aromatic rings. The number of likely N-dealkylation sites (tertiary alicyclic amines) is 2. The van der Waals surface area contributed by atoms with Crippen LogP contribution < -0.4 is 20.1 Å². The van der Waals surface area contributed by atoms with E-state index in [4.69, 9.17) is 28.9 Å². The summed E-state index contributed by atoms with van der Waals surface area (Å²) in [6, 6.07) is 6.36. The molecule has 60 heavy (non-hydrogen) atoms. The summed E-state index contributed by atoms with van der Waals surface area (Å²) in [7, 11) is 2.59. The highest BCUT2D eigenvalue weighted by atomic mass is 16.5. The number of benzene rings is 2. The van der Waals surface area contributed by atoms with E-state index in [2.05, 4.69) is 32.7 Å². The van der Waals surface area contributed by atoms with Crippen LogP contribution in [-0.4, -0.2) is 93.1 Å². The number of alkyl carbamates (subject to hydrolysis) is 2. The van der Waals surface area contributed by atoms with Gasteiger partial charge in [-0.2, -0.15) is 0 Å². The van der Waals surface area contributed by atoms with E-state index in [1.165, 1.54) is 14.2 Å². The van der Waals surface area contributed by atoms with E-state index in [0.717, 1.165) is 94.8 Å². The smallest absolute Gasteiger partial charge is 0.407 e. The summed E-state index contributed by atoms with van der Waals surface area (Å²) in [6.07, 6.45) is 6.95. The van der Waals surface area contributed by atoms with Crippen molar-refractivity contribution in [3.05, 3.63) is 59.4 Å². The molecular weight excluding hydrogens is 769 g/mol. The Morgan fingerprint density at radius 2 is 1.13 bits per heavy atom. The third kappa shape index (κ3) is 7.51. The lowest BCUT2D eigenvalue weighted by Crippen LogP contribution is -2.51. The largest absolute Gasteiger partial charge is 0.488 e. The maximum Gasteiger partial charge on any atom is 0.407 e. The lowest BCUT2D eigenvalue weighted by molar-refractivity contribution is -0.136. The first-order valence-electron chi connectivity index (χ1n) is 21.0. The first-order valence-corrected chi connectivity index (χ1v) is 21.0. The molecule has 16 nitrogen and oxygen atoms in total. The van der Waals surface area contributed by atoms with Gasteiger partial charge in [-0.25, -0.2) is 19.6 Å². The van der Waals surface area contributed by atoms with Crippen molar-refractivity contribution in [2.24, 2.45) is 11.8 Å². The van der Waals surface area contributed by atoms with Gasteiger partial charge in [-0.05, 0) is 61.8 Å². The number of aromatic amines is 2. The molecule has 4 aliphatic heterocycles. The number of hydrogen-bond acceptors (Lipinski definition) is 10. The van der Waals surface area contributed by atoms with Crippen molar-refractivity contribution >= 4 is 24.0 Å². The summed E-state index contributed by atoms with van der Waals surface area (Å²) in [5, 5.41) is 5.51. The Balaban J connectivity index is 1.01. The zero-order chi connectivity index (χ0) is 42.2. The second-order valence-electron chi connectivity index (χ2n) is 16.3. The van der Waals surface area contributed by atoms with E-state index in [9.17, 15) is 19.2 Å². The van der Waals surface area contributed by atoms with Crippen LogP contribution in [0.4, 0.5) is 9.59 Å². The first kappa shape index (κ1) is 40.7. The zero-order valence-corrected chi connectivity index (χ0v) is 35.1. The normalized spacial score (nSPS) is 19.6. The SMILES string of the molecule is CC[C@H](C)C(NC(=O)OC)C(=O)N1CCC[C@H]1c1ncc(-c2cc3c4c(c2)OCc2cc(-c5cnc([C@@H]6CCCN6C(=O)[C@@H](NC(=O)OC)[C@@H](C)CC)[nH]5)cc(c2-4)OC3)[nH]1. The molecule has 0 spiro atoms. The maximum absolute atomic E-state index is 13.8. The van der Waals surface area contributed by atoms with Crippen molar-refractivity contribution in [3.8, 4) is 45.1 Å². The molecule has 2 saturated heterocycles. The van der Waals surface area contributed by atoms with Crippen LogP contribution in [-0.2, 0) is 32.3 Å². The number of nitrogens with one attached hydrogen (secondary N) is 4. The Kier molecular flexibility index (Phi) is 11.5.